The zero-order valence-electron chi connectivity index (χ0n) is 14.8. The van der Waals surface area contributed by atoms with Crippen LogP contribution in [0, 0.1) is 23.2 Å². The molecule has 0 bridgehead atoms. The molecule has 0 spiro atoms. The van der Waals surface area contributed by atoms with E-state index in [2.05, 4.69) is 20.4 Å². The van der Waals surface area contributed by atoms with Gasteiger partial charge >= 0.3 is 6.18 Å². The van der Waals surface area contributed by atoms with Crippen LogP contribution in [0.3, 0.4) is 0 Å². The number of nitrogens with zero attached hydrogens (tertiary/aromatic N) is 4. The van der Waals surface area contributed by atoms with E-state index < -0.39 is 23.9 Å². The number of aromatic amines is 1. The molecule has 1 atom stereocenters. The Morgan fingerprint density at radius 3 is 2.68 bits per heavy atom. The smallest absolute Gasteiger partial charge is 0.374 e. The normalized spacial score (nSPS) is 21.2. The number of alkyl halides is 3. The molecule has 1 aliphatic rings. The van der Waals surface area contributed by atoms with Gasteiger partial charge < -0.3 is 5.11 Å². The maximum atomic E-state index is 12.7. The van der Waals surface area contributed by atoms with E-state index in [9.17, 15) is 23.1 Å². The molecule has 3 rings (SSSR count). The molecule has 2 aromatic rings. The summed E-state index contributed by atoms with van der Waals surface area (Å²) in [6.45, 7) is 0.392. The second-order valence-electron chi connectivity index (χ2n) is 6.85. The number of nitrogens with one attached hydrogen (secondary N) is 2. The minimum absolute atomic E-state index is 0.0693. The zero-order valence-corrected chi connectivity index (χ0v) is 14.8. The number of rotatable bonds is 5. The highest BCUT2D eigenvalue weighted by Gasteiger charge is 2.41. The maximum absolute atomic E-state index is 12.7. The molecular formula is C17H19F3N6O2. The molecule has 1 unspecified atom stereocenters. The number of aliphatic hydroxyl groups excluding tert-OH is 1. The van der Waals surface area contributed by atoms with Gasteiger partial charge in [-0.25, -0.2) is 9.67 Å². The van der Waals surface area contributed by atoms with E-state index in [-0.39, 0.29) is 30.3 Å². The average Bonchev–Trinajstić information content (AvgIpc) is 3.16. The largest absolute Gasteiger partial charge is 0.391 e. The fraction of sp³-hybridized carbons (Fsp3) is 0.529. The first kappa shape index (κ1) is 20.0. The molecule has 0 aromatic carbocycles. The molecule has 1 aliphatic carbocycles. The summed E-state index contributed by atoms with van der Waals surface area (Å²) in [5.41, 5.74) is -0.313. The Morgan fingerprint density at radius 2 is 2.07 bits per heavy atom. The lowest BCUT2D eigenvalue weighted by atomic mass is 9.81. The van der Waals surface area contributed by atoms with E-state index in [0.717, 1.165) is 6.20 Å². The Morgan fingerprint density at radius 1 is 1.36 bits per heavy atom. The Kier molecular flexibility index (Phi) is 5.81. The van der Waals surface area contributed by atoms with Crippen molar-refractivity contribution in [1.29, 1.82) is 5.26 Å². The second kappa shape index (κ2) is 8.12. The van der Waals surface area contributed by atoms with Gasteiger partial charge in [0.2, 0.25) is 5.95 Å². The van der Waals surface area contributed by atoms with Gasteiger partial charge in [-0.05, 0) is 31.6 Å². The summed E-state index contributed by atoms with van der Waals surface area (Å²) in [5.74, 6) is -1.07. The third kappa shape index (κ3) is 4.58. The van der Waals surface area contributed by atoms with Crippen LogP contribution in [0.1, 0.15) is 43.0 Å². The first-order chi connectivity index (χ1) is 13.3. The van der Waals surface area contributed by atoms with E-state index >= 15 is 0 Å². The quantitative estimate of drug-likeness (QED) is 0.663. The molecular weight excluding hydrogens is 377 g/mol. The van der Waals surface area contributed by atoms with Crippen LogP contribution in [0.15, 0.2) is 23.4 Å². The fourth-order valence-corrected chi connectivity index (χ4v) is 3.27. The SMILES string of the molecule is N#Cc1cnc(-n2cc(C(O)NCC3CCC(C(F)(F)F)CC3)cn2)[nH]c1=O. The van der Waals surface area contributed by atoms with Crippen LogP contribution in [-0.4, -0.2) is 37.6 Å². The highest BCUT2D eigenvalue weighted by atomic mass is 19.4. The number of hydrogen-bond acceptors (Lipinski definition) is 6. The summed E-state index contributed by atoms with van der Waals surface area (Å²) in [5, 5.41) is 25.9. The Balaban J connectivity index is 1.55. The number of aromatic nitrogens is 4. The lowest BCUT2D eigenvalue weighted by Crippen LogP contribution is -2.33. The van der Waals surface area contributed by atoms with Gasteiger partial charge in [0, 0.05) is 18.3 Å². The molecule has 150 valence electrons. The highest BCUT2D eigenvalue weighted by Crippen LogP contribution is 2.39. The standard InChI is InChI=1S/C17H19F3N6O2/c18-17(19,20)13-3-1-10(2-4-13)6-22-14(27)12-8-24-26(9-12)16-23-7-11(5-21)15(28)25-16/h7-10,13-14,22,27H,1-4,6H2,(H,23,25,28). The number of H-pyrrole nitrogens is 1. The monoisotopic (exact) mass is 396 g/mol. The van der Waals surface area contributed by atoms with E-state index in [4.69, 9.17) is 5.26 Å². The van der Waals surface area contributed by atoms with Crippen LogP contribution in [0.4, 0.5) is 13.2 Å². The topological polar surface area (TPSA) is 120 Å². The van der Waals surface area contributed by atoms with Gasteiger partial charge in [0.25, 0.3) is 5.56 Å². The van der Waals surface area contributed by atoms with Gasteiger partial charge in [0.15, 0.2) is 0 Å². The molecule has 8 nitrogen and oxygen atoms in total. The molecule has 0 radical (unpaired) electrons. The van der Waals surface area contributed by atoms with Crippen LogP contribution >= 0.6 is 0 Å². The maximum Gasteiger partial charge on any atom is 0.391 e. The van der Waals surface area contributed by atoms with Gasteiger partial charge in [-0.1, -0.05) is 0 Å². The van der Waals surface area contributed by atoms with E-state index in [1.165, 1.54) is 17.1 Å². The molecule has 0 saturated heterocycles. The Labute approximate surface area is 158 Å². The molecule has 2 heterocycles. The predicted molar refractivity (Wildman–Crippen MR) is 91.2 cm³/mol. The molecule has 28 heavy (non-hydrogen) atoms. The van der Waals surface area contributed by atoms with Gasteiger partial charge in [0.05, 0.1) is 18.3 Å². The number of halogens is 3. The van der Waals surface area contributed by atoms with E-state index in [0.29, 0.717) is 24.9 Å². The zero-order chi connectivity index (χ0) is 20.3. The number of nitriles is 1. The van der Waals surface area contributed by atoms with Crippen LogP contribution < -0.4 is 10.9 Å². The van der Waals surface area contributed by atoms with Crippen LogP contribution in [-0.2, 0) is 0 Å². The molecule has 0 aliphatic heterocycles. The molecule has 3 N–H and O–H groups in total. The van der Waals surface area contributed by atoms with E-state index in [1.54, 1.807) is 6.07 Å². The third-order valence-electron chi connectivity index (χ3n) is 4.95. The van der Waals surface area contributed by atoms with Gasteiger partial charge in [-0.3, -0.25) is 15.1 Å². The van der Waals surface area contributed by atoms with Crippen molar-refractivity contribution in [3.8, 4) is 12.0 Å². The first-order valence-electron chi connectivity index (χ1n) is 8.80. The molecule has 1 fully saturated rings. The molecule has 11 heteroatoms. The van der Waals surface area contributed by atoms with Crippen molar-refractivity contribution in [2.75, 3.05) is 6.54 Å². The van der Waals surface area contributed by atoms with Gasteiger partial charge in [-0.15, -0.1) is 0 Å². The summed E-state index contributed by atoms with van der Waals surface area (Å²) in [6.07, 6.45) is -0.0745. The van der Waals surface area contributed by atoms with Crippen molar-refractivity contribution >= 4 is 0 Å². The van der Waals surface area contributed by atoms with Crippen molar-refractivity contribution in [1.82, 2.24) is 25.1 Å². The fourth-order valence-electron chi connectivity index (χ4n) is 3.27. The Hall–Kier alpha value is -2.71. The van der Waals surface area contributed by atoms with Crippen molar-refractivity contribution in [2.24, 2.45) is 11.8 Å². The average molecular weight is 396 g/mol. The van der Waals surface area contributed by atoms with Crippen molar-refractivity contribution in [3.63, 3.8) is 0 Å². The lowest BCUT2D eigenvalue weighted by Gasteiger charge is -2.30. The highest BCUT2D eigenvalue weighted by molar-refractivity contribution is 5.25. The summed E-state index contributed by atoms with van der Waals surface area (Å²) in [4.78, 5) is 18.0. The first-order valence-corrected chi connectivity index (χ1v) is 8.80. The van der Waals surface area contributed by atoms with Gasteiger partial charge in [-0.2, -0.15) is 23.5 Å². The predicted octanol–water partition coefficient (Wildman–Crippen LogP) is 1.78. The summed E-state index contributed by atoms with van der Waals surface area (Å²) in [6, 6.07) is 1.71. The lowest BCUT2D eigenvalue weighted by molar-refractivity contribution is -0.183. The second-order valence-corrected chi connectivity index (χ2v) is 6.85. The number of aliphatic hydroxyl groups is 1. The van der Waals surface area contributed by atoms with Crippen molar-refractivity contribution < 1.29 is 18.3 Å². The Bertz CT molecular complexity index is 909. The summed E-state index contributed by atoms with van der Waals surface area (Å²) in [7, 11) is 0. The summed E-state index contributed by atoms with van der Waals surface area (Å²) >= 11 is 0. The third-order valence-corrected chi connectivity index (χ3v) is 4.95. The summed E-state index contributed by atoms with van der Waals surface area (Å²) < 4.78 is 39.4. The number of hydrogen-bond donors (Lipinski definition) is 3. The molecule has 1 saturated carbocycles. The van der Waals surface area contributed by atoms with Crippen LogP contribution in [0.25, 0.3) is 5.95 Å². The van der Waals surface area contributed by atoms with Crippen molar-refractivity contribution in [3.05, 3.63) is 40.1 Å². The van der Waals surface area contributed by atoms with E-state index in [1.807, 2.05) is 0 Å². The van der Waals surface area contributed by atoms with Crippen LogP contribution in [0.5, 0.6) is 0 Å². The van der Waals surface area contributed by atoms with Crippen LogP contribution in [0.2, 0.25) is 0 Å². The minimum atomic E-state index is -4.13. The molecule has 2 aromatic heterocycles. The molecule has 0 amide bonds. The van der Waals surface area contributed by atoms with Gasteiger partial charge in [0.1, 0.15) is 17.9 Å². The minimum Gasteiger partial charge on any atom is -0.374 e. The van der Waals surface area contributed by atoms with Crippen molar-refractivity contribution in [2.45, 2.75) is 38.1 Å².